The topological polar surface area (TPSA) is 129 Å². The molecule has 5 N–H and O–H groups in total. The number of aromatic nitrogens is 2. The Hall–Kier alpha value is -3.79. The van der Waals surface area contributed by atoms with Crippen molar-refractivity contribution in [2.45, 2.75) is 19.4 Å². The van der Waals surface area contributed by atoms with Crippen molar-refractivity contribution in [3.63, 3.8) is 0 Å². The highest BCUT2D eigenvalue weighted by Crippen LogP contribution is 2.22. The lowest BCUT2D eigenvalue weighted by molar-refractivity contribution is 0.320. The van der Waals surface area contributed by atoms with Crippen molar-refractivity contribution >= 4 is 23.4 Å². The van der Waals surface area contributed by atoms with Gasteiger partial charge in [-0.05, 0) is 50.7 Å². The van der Waals surface area contributed by atoms with Gasteiger partial charge < -0.3 is 30.9 Å². The number of likely N-dealkylation sites (N-methyl/N-ethyl adjacent to an activating group) is 1. The van der Waals surface area contributed by atoms with Crippen LogP contribution in [0.5, 0.6) is 5.75 Å². The molecular weight excluding hydrogens is 459 g/mol. The number of anilines is 1. The Labute approximate surface area is 211 Å². The predicted octanol–water partition coefficient (Wildman–Crippen LogP) is 2.89. The number of phenols is 1. The number of aromatic hydroxyl groups is 1. The Morgan fingerprint density at radius 2 is 2.03 bits per heavy atom. The van der Waals surface area contributed by atoms with E-state index in [9.17, 15) is 9.50 Å². The summed E-state index contributed by atoms with van der Waals surface area (Å²) in [5.41, 5.74) is 6.86. The molecule has 0 bridgehead atoms. The van der Waals surface area contributed by atoms with Crippen LogP contribution in [0, 0.1) is 10.8 Å². The van der Waals surface area contributed by atoms with E-state index in [2.05, 4.69) is 16.8 Å². The number of benzene rings is 1. The van der Waals surface area contributed by atoms with E-state index in [1.807, 2.05) is 35.1 Å². The molecule has 1 unspecified atom stereocenters. The highest BCUT2D eigenvalue weighted by Gasteiger charge is 2.24. The molecule has 0 radical (unpaired) electrons. The van der Waals surface area contributed by atoms with Gasteiger partial charge in [-0.25, -0.2) is 14.4 Å². The second-order valence-corrected chi connectivity index (χ2v) is 8.82. The van der Waals surface area contributed by atoms with E-state index < -0.39 is 0 Å². The Morgan fingerprint density at radius 1 is 1.25 bits per heavy atom. The SMILES string of the molecule is CC1CCN(/C(=C/C(=N)c2ccccc2O)C(=N)N)CCN1c1ccnc(/C=C/CN(C)CCF)n1. The number of hydrogen-bond donors (Lipinski definition) is 4. The fraction of sp³-hybridized carbons (Fsp3) is 0.385. The summed E-state index contributed by atoms with van der Waals surface area (Å²) in [6, 6.07) is 8.72. The van der Waals surface area contributed by atoms with Gasteiger partial charge in [0.25, 0.3) is 0 Å². The maximum absolute atomic E-state index is 12.5. The van der Waals surface area contributed by atoms with Crippen LogP contribution < -0.4 is 10.6 Å². The maximum Gasteiger partial charge on any atom is 0.153 e. The van der Waals surface area contributed by atoms with Crippen LogP contribution in [0.4, 0.5) is 10.2 Å². The summed E-state index contributed by atoms with van der Waals surface area (Å²) in [5.74, 6) is 1.30. The Morgan fingerprint density at radius 3 is 2.75 bits per heavy atom. The summed E-state index contributed by atoms with van der Waals surface area (Å²) < 4.78 is 12.5. The molecule has 1 aliphatic rings. The number of nitrogens with one attached hydrogen (secondary N) is 2. The van der Waals surface area contributed by atoms with Crippen molar-refractivity contribution in [2.24, 2.45) is 5.73 Å². The maximum atomic E-state index is 12.5. The minimum atomic E-state index is -0.378. The quantitative estimate of drug-likeness (QED) is 0.295. The molecule has 36 heavy (non-hydrogen) atoms. The molecular formula is C26H35FN8O. The summed E-state index contributed by atoms with van der Waals surface area (Å²) >= 11 is 0. The lowest BCUT2D eigenvalue weighted by Crippen LogP contribution is -2.37. The van der Waals surface area contributed by atoms with Crippen molar-refractivity contribution in [1.82, 2.24) is 19.8 Å². The van der Waals surface area contributed by atoms with Gasteiger partial charge in [-0.3, -0.25) is 5.41 Å². The molecule has 1 saturated heterocycles. The first-order chi connectivity index (χ1) is 17.3. The van der Waals surface area contributed by atoms with Crippen LogP contribution in [0.2, 0.25) is 0 Å². The molecule has 1 aromatic heterocycles. The molecule has 9 nitrogen and oxygen atoms in total. The highest BCUT2D eigenvalue weighted by atomic mass is 19.1. The van der Waals surface area contributed by atoms with Crippen LogP contribution in [-0.2, 0) is 0 Å². The Balaban J connectivity index is 1.74. The third kappa shape index (κ3) is 7.11. The van der Waals surface area contributed by atoms with Gasteiger partial charge in [0.15, 0.2) is 5.82 Å². The number of nitrogens with two attached hydrogens (primary N) is 1. The fourth-order valence-corrected chi connectivity index (χ4v) is 4.07. The van der Waals surface area contributed by atoms with Crippen molar-refractivity contribution in [3.8, 4) is 5.75 Å². The molecule has 0 saturated carbocycles. The first-order valence-corrected chi connectivity index (χ1v) is 12.0. The normalized spacial score (nSPS) is 17.0. The molecule has 0 amide bonds. The minimum absolute atomic E-state index is 0.0139. The zero-order valence-corrected chi connectivity index (χ0v) is 20.9. The van der Waals surface area contributed by atoms with E-state index in [0.717, 1.165) is 12.2 Å². The number of halogens is 1. The van der Waals surface area contributed by atoms with Crippen molar-refractivity contribution in [3.05, 3.63) is 65.8 Å². The van der Waals surface area contributed by atoms with Gasteiger partial charge in [-0.2, -0.15) is 0 Å². The van der Waals surface area contributed by atoms with Crippen molar-refractivity contribution < 1.29 is 9.50 Å². The number of amidine groups is 1. The van der Waals surface area contributed by atoms with Gasteiger partial charge in [0, 0.05) is 50.5 Å². The van der Waals surface area contributed by atoms with Crippen LogP contribution >= 0.6 is 0 Å². The predicted molar refractivity (Wildman–Crippen MR) is 142 cm³/mol. The van der Waals surface area contributed by atoms with Crippen molar-refractivity contribution in [1.29, 1.82) is 10.8 Å². The largest absolute Gasteiger partial charge is 0.507 e. The molecule has 1 atom stereocenters. The highest BCUT2D eigenvalue weighted by molar-refractivity contribution is 6.12. The van der Waals surface area contributed by atoms with Crippen LogP contribution in [0.15, 0.2) is 54.4 Å². The number of allylic oxidation sites excluding steroid dienone is 1. The second kappa shape index (κ2) is 12.8. The molecule has 3 rings (SSSR count). The van der Waals surface area contributed by atoms with E-state index in [4.69, 9.17) is 21.5 Å². The lowest BCUT2D eigenvalue weighted by Gasteiger charge is -2.28. The average molecular weight is 495 g/mol. The molecule has 1 fully saturated rings. The molecule has 1 aromatic carbocycles. The molecule has 1 aliphatic heterocycles. The zero-order chi connectivity index (χ0) is 26.1. The smallest absolute Gasteiger partial charge is 0.153 e. The first kappa shape index (κ1) is 26.8. The monoisotopic (exact) mass is 494 g/mol. The lowest BCUT2D eigenvalue weighted by atomic mass is 10.1. The van der Waals surface area contributed by atoms with Gasteiger partial charge in [-0.1, -0.05) is 18.2 Å². The first-order valence-electron chi connectivity index (χ1n) is 12.0. The molecule has 10 heteroatoms. The van der Waals surface area contributed by atoms with Gasteiger partial charge >= 0.3 is 0 Å². The number of nitrogens with zero attached hydrogens (tertiary/aromatic N) is 5. The fourth-order valence-electron chi connectivity index (χ4n) is 4.07. The number of alkyl halides is 1. The summed E-state index contributed by atoms with van der Waals surface area (Å²) in [4.78, 5) is 15.1. The second-order valence-electron chi connectivity index (χ2n) is 8.82. The number of para-hydroxylation sites is 1. The van der Waals surface area contributed by atoms with Gasteiger partial charge in [0.1, 0.15) is 24.1 Å². The third-order valence-electron chi connectivity index (χ3n) is 6.16. The van der Waals surface area contributed by atoms with E-state index in [1.54, 1.807) is 30.5 Å². The van der Waals surface area contributed by atoms with Crippen LogP contribution in [0.25, 0.3) is 6.08 Å². The third-order valence-corrected chi connectivity index (χ3v) is 6.16. The van der Waals surface area contributed by atoms with Crippen LogP contribution in [0.3, 0.4) is 0 Å². The minimum Gasteiger partial charge on any atom is -0.507 e. The molecule has 2 aromatic rings. The molecule has 0 aliphatic carbocycles. The summed E-state index contributed by atoms with van der Waals surface area (Å²) in [5, 5.41) is 26.7. The van der Waals surface area contributed by atoms with E-state index in [-0.39, 0.29) is 30.0 Å². The van der Waals surface area contributed by atoms with Crippen molar-refractivity contribution in [2.75, 3.05) is 51.3 Å². The summed E-state index contributed by atoms with van der Waals surface area (Å²) in [6.07, 6.45) is 7.85. The van der Waals surface area contributed by atoms with E-state index in [1.165, 1.54) is 6.07 Å². The van der Waals surface area contributed by atoms with Crippen LogP contribution in [-0.4, -0.2) is 88.9 Å². The Bertz CT molecular complexity index is 1120. The standard InChI is InChI=1S/C26H35FN8O/c1-19-10-14-34(22(26(29)30)18-21(28)20-6-3-4-7-23(20)36)16-17-35(19)25-9-12-31-24(32-25)8-5-13-33(2)15-11-27/h3-9,12,18-19,28,36H,10-11,13-17H2,1-2H3,(H3,29,30)/b8-5+,22-18+,28-21?. The molecule has 0 spiro atoms. The molecule has 192 valence electrons. The average Bonchev–Trinajstić information content (AvgIpc) is 3.04. The summed E-state index contributed by atoms with van der Waals surface area (Å²) in [6.45, 7) is 4.65. The number of hydrogen-bond acceptors (Lipinski definition) is 8. The van der Waals surface area contributed by atoms with Crippen LogP contribution in [0.1, 0.15) is 24.7 Å². The van der Waals surface area contributed by atoms with Gasteiger partial charge in [-0.15, -0.1) is 0 Å². The number of phenolic OH excluding ortho intramolecular Hbond substituents is 1. The van der Waals surface area contributed by atoms with E-state index in [0.29, 0.717) is 49.8 Å². The van der Waals surface area contributed by atoms with Gasteiger partial charge in [0.05, 0.1) is 11.4 Å². The Kier molecular flexibility index (Phi) is 9.52. The summed E-state index contributed by atoms with van der Waals surface area (Å²) in [7, 11) is 1.86. The zero-order valence-electron chi connectivity index (χ0n) is 20.9. The molecule has 2 heterocycles. The van der Waals surface area contributed by atoms with Gasteiger partial charge in [0.2, 0.25) is 0 Å². The van der Waals surface area contributed by atoms with E-state index >= 15 is 0 Å². The number of rotatable bonds is 10.